The summed E-state index contributed by atoms with van der Waals surface area (Å²) in [5, 5.41) is 65.6. The van der Waals surface area contributed by atoms with Crippen LogP contribution in [0.4, 0.5) is 0 Å². The molecule has 0 amide bonds. The van der Waals surface area contributed by atoms with Crippen LogP contribution in [0, 0.1) is 0 Å². The maximum atomic E-state index is 12.7. The van der Waals surface area contributed by atoms with E-state index < -0.39 is 5.97 Å². The van der Waals surface area contributed by atoms with Gasteiger partial charge in [-0.25, -0.2) is 4.98 Å². The van der Waals surface area contributed by atoms with Gasteiger partial charge in [-0.2, -0.15) is 0 Å². The summed E-state index contributed by atoms with van der Waals surface area (Å²) in [7, 11) is 0. The average molecular weight is 605 g/mol. The molecule has 2 aliphatic rings. The lowest BCUT2D eigenvalue weighted by Gasteiger charge is -2.07. The van der Waals surface area contributed by atoms with Gasteiger partial charge in [0.05, 0.1) is 46.3 Å². The first-order valence-corrected chi connectivity index (χ1v) is 14.0. The van der Waals surface area contributed by atoms with Crippen molar-refractivity contribution < 1.29 is 40.2 Å². The number of nitrogens with one attached hydrogen (secondary N) is 3. The number of aromatic nitrogens is 4. The van der Waals surface area contributed by atoms with Gasteiger partial charge in [0.15, 0.2) is 34.5 Å². The fourth-order valence-corrected chi connectivity index (χ4v) is 6.45. The number of H-pyrrole nitrogens is 3. The lowest BCUT2D eigenvalue weighted by molar-refractivity contribution is -0.142. The van der Waals surface area contributed by atoms with Crippen molar-refractivity contribution in [1.82, 2.24) is 19.9 Å². The van der Waals surface area contributed by atoms with Gasteiger partial charge in [0.25, 0.3) is 0 Å². The minimum Gasteiger partial charge on any atom is -0.504 e. The number of benzene rings is 3. The second-order valence-electron chi connectivity index (χ2n) is 10.9. The average Bonchev–Trinajstić information content (AvgIpc) is 3.74. The molecule has 8 rings (SSSR count). The second kappa shape index (κ2) is 9.10. The van der Waals surface area contributed by atoms with Crippen molar-refractivity contribution in [2.24, 2.45) is 0 Å². The molecule has 1 aliphatic carbocycles. The van der Waals surface area contributed by atoms with E-state index >= 15 is 0 Å². The van der Waals surface area contributed by atoms with E-state index in [2.05, 4.69) is 15.0 Å². The van der Waals surface area contributed by atoms with Crippen molar-refractivity contribution in [2.45, 2.75) is 13.3 Å². The molecule has 3 aromatic carbocycles. The third-order valence-corrected chi connectivity index (χ3v) is 8.33. The van der Waals surface area contributed by atoms with Crippen LogP contribution in [0.1, 0.15) is 12.6 Å². The number of hydrogen-bond donors (Lipinski definition) is 9. The summed E-state index contributed by atoms with van der Waals surface area (Å²) in [6, 6.07) is 10.2. The van der Waals surface area contributed by atoms with Gasteiger partial charge >= 0.3 is 5.97 Å². The predicted octanol–water partition coefficient (Wildman–Crippen LogP) is 5.94. The van der Waals surface area contributed by atoms with Crippen LogP contribution in [0.15, 0.2) is 48.7 Å². The highest BCUT2D eigenvalue weighted by Gasteiger charge is 2.29. The van der Waals surface area contributed by atoms with E-state index in [0.29, 0.717) is 82.6 Å². The Hall–Kier alpha value is -6.30. The number of phenolic OH excluding ortho intramolecular Hbond substituents is 6. The molecule has 0 saturated heterocycles. The molecular formula is C33H24N4O8. The van der Waals surface area contributed by atoms with E-state index in [1.807, 2.05) is 6.07 Å². The lowest BCUT2D eigenvalue weighted by atomic mass is 9.98. The SMILES string of the molecule is CCOC(=O)Cc1[nH]ccc1-c1c2[nH]c3cc(O)c(O)cc3c2c2nc3cc(O)c(O)cc3c-2c2[nH]c3cc(O)c(O)cc3c12. The van der Waals surface area contributed by atoms with E-state index in [1.165, 1.54) is 36.4 Å². The summed E-state index contributed by atoms with van der Waals surface area (Å²) in [6.45, 7) is 1.93. The Labute approximate surface area is 251 Å². The normalized spacial score (nSPS) is 12.0. The number of nitrogens with zero attached hydrogens (tertiary/aromatic N) is 1. The molecule has 0 bridgehead atoms. The number of rotatable bonds is 4. The van der Waals surface area contributed by atoms with Gasteiger partial charge in [-0.05, 0) is 31.2 Å². The first-order valence-electron chi connectivity index (χ1n) is 14.0. The van der Waals surface area contributed by atoms with E-state index in [4.69, 9.17) is 9.72 Å². The van der Waals surface area contributed by atoms with Crippen LogP contribution in [-0.2, 0) is 16.0 Å². The quantitative estimate of drug-likeness (QED) is 0.0858. The van der Waals surface area contributed by atoms with Crippen LogP contribution in [0.2, 0.25) is 0 Å². The Morgan fingerprint density at radius 2 is 1.29 bits per heavy atom. The molecule has 45 heavy (non-hydrogen) atoms. The molecule has 12 nitrogen and oxygen atoms in total. The molecule has 224 valence electrons. The van der Waals surface area contributed by atoms with E-state index in [9.17, 15) is 35.4 Å². The molecule has 0 radical (unpaired) electrons. The minimum atomic E-state index is -0.441. The van der Waals surface area contributed by atoms with Crippen LogP contribution in [0.5, 0.6) is 34.5 Å². The number of fused-ring (bicyclic) bond motifs is 11. The third kappa shape index (κ3) is 3.65. The molecule has 1 aliphatic heterocycles. The molecule has 0 spiro atoms. The van der Waals surface area contributed by atoms with Crippen molar-refractivity contribution in [3.05, 3.63) is 54.4 Å². The van der Waals surface area contributed by atoms with Crippen molar-refractivity contribution >= 4 is 60.5 Å². The standard InChI is InChI=1S/C33H24N4O8/c1-2-45-26(44)11-16-12(3-4-34-16)27-28-13-5-20(38)23(41)8-17(13)35-32(28)30-15-7-22(40)25(43)10-19(15)37-33(30)29-14-6-21(39)24(42)9-18(14)36-31(27)29/h3-10,34-36,38-43H,2,11H2,1H3. The molecule has 0 fully saturated rings. The molecule has 0 saturated carbocycles. The number of hydrogen-bond acceptors (Lipinski definition) is 9. The van der Waals surface area contributed by atoms with E-state index in [0.717, 1.165) is 0 Å². The first-order chi connectivity index (χ1) is 21.6. The summed E-state index contributed by atoms with van der Waals surface area (Å²) in [5.41, 5.74) is 5.09. The predicted molar refractivity (Wildman–Crippen MR) is 167 cm³/mol. The van der Waals surface area contributed by atoms with E-state index in [-0.39, 0.29) is 47.5 Å². The van der Waals surface area contributed by atoms with Crippen LogP contribution in [0.3, 0.4) is 0 Å². The topological polar surface area (TPSA) is 208 Å². The molecule has 0 atom stereocenters. The Balaban J connectivity index is 1.68. The Morgan fingerprint density at radius 3 is 1.93 bits per heavy atom. The fraction of sp³-hybridized carbons (Fsp3) is 0.0909. The van der Waals surface area contributed by atoms with E-state index in [1.54, 1.807) is 13.1 Å². The molecule has 9 N–H and O–H groups in total. The van der Waals surface area contributed by atoms with Gasteiger partial charge in [0.1, 0.15) is 0 Å². The van der Waals surface area contributed by atoms with Gasteiger partial charge in [0.2, 0.25) is 0 Å². The fourth-order valence-electron chi connectivity index (χ4n) is 6.45. The summed E-state index contributed by atoms with van der Waals surface area (Å²) in [4.78, 5) is 27.5. The highest BCUT2D eigenvalue weighted by atomic mass is 16.5. The zero-order chi connectivity index (χ0) is 31.3. The number of phenols is 6. The van der Waals surface area contributed by atoms with Crippen molar-refractivity contribution in [1.29, 1.82) is 0 Å². The maximum Gasteiger partial charge on any atom is 0.311 e. The maximum absolute atomic E-state index is 12.7. The van der Waals surface area contributed by atoms with Crippen LogP contribution >= 0.6 is 0 Å². The zero-order valence-electron chi connectivity index (χ0n) is 23.5. The largest absolute Gasteiger partial charge is 0.504 e. The number of carbonyl (C=O) groups is 1. The number of aromatic amines is 3. The molecule has 3 aromatic heterocycles. The highest BCUT2D eigenvalue weighted by molar-refractivity contribution is 6.31. The summed E-state index contributed by atoms with van der Waals surface area (Å²) < 4.78 is 5.23. The molecule has 4 heterocycles. The monoisotopic (exact) mass is 604 g/mol. The number of ether oxygens (including phenoxy) is 1. The van der Waals surface area contributed by atoms with Crippen molar-refractivity contribution in [2.75, 3.05) is 6.61 Å². The van der Waals surface area contributed by atoms with Gasteiger partial charge < -0.3 is 50.3 Å². The van der Waals surface area contributed by atoms with Crippen LogP contribution in [0.25, 0.3) is 76.9 Å². The molecule has 0 unspecified atom stereocenters. The lowest BCUT2D eigenvalue weighted by Crippen LogP contribution is -2.08. The number of carbonyl (C=O) groups excluding carboxylic acids is 1. The van der Waals surface area contributed by atoms with Crippen molar-refractivity contribution in [3.63, 3.8) is 0 Å². The van der Waals surface area contributed by atoms with Gasteiger partial charge in [-0.15, -0.1) is 0 Å². The molecule has 12 heteroatoms. The Morgan fingerprint density at radius 1 is 0.733 bits per heavy atom. The Kier molecular flexibility index (Phi) is 5.33. The van der Waals surface area contributed by atoms with Gasteiger partial charge in [-0.3, -0.25) is 4.79 Å². The minimum absolute atomic E-state index is 0.0754. The van der Waals surface area contributed by atoms with Crippen molar-refractivity contribution in [3.8, 4) is 56.9 Å². The summed E-state index contributed by atoms with van der Waals surface area (Å²) in [5.74, 6) is -2.53. The second-order valence-corrected chi connectivity index (χ2v) is 10.9. The zero-order valence-corrected chi connectivity index (χ0v) is 23.5. The number of aromatic hydroxyl groups is 6. The van der Waals surface area contributed by atoms with Crippen LogP contribution < -0.4 is 0 Å². The number of esters is 1. The smallest absolute Gasteiger partial charge is 0.311 e. The molecular weight excluding hydrogens is 580 g/mol. The highest BCUT2D eigenvalue weighted by Crippen LogP contribution is 2.52. The van der Waals surface area contributed by atoms with Gasteiger partial charge in [0, 0.05) is 73.7 Å². The van der Waals surface area contributed by atoms with Crippen LogP contribution in [-0.4, -0.2) is 63.2 Å². The third-order valence-electron chi connectivity index (χ3n) is 8.33. The summed E-state index contributed by atoms with van der Waals surface area (Å²) >= 11 is 0. The first kappa shape index (κ1) is 26.3. The van der Waals surface area contributed by atoms with Gasteiger partial charge in [-0.1, -0.05) is 0 Å². The Bertz CT molecular complexity index is 2520. The summed E-state index contributed by atoms with van der Waals surface area (Å²) in [6.07, 6.45) is 1.62. The molecule has 6 aromatic rings.